The number of nitriles is 1. The topological polar surface area (TPSA) is 111 Å². The minimum Gasteiger partial charge on any atom is -0.321 e. The average Bonchev–Trinajstić information content (AvgIpc) is 3.50. The third-order valence-corrected chi connectivity index (χ3v) is 11.9. The van der Waals surface area contributed by atoms with Gasteiger partial charge >= 0.3 is 0 Å². The number of halogens is 1. The molecule has 0 saturated heterocycles. The Morgan fingerprint density at radius 1 is 0.925 bits per heavy atom. The van der Waals surface area contributed by atoms with Crippen molar-refractivity contribution in [2.75, 3.05) is 10.6 Å². The minimum atomic E-state index is -0.654. The van der Waals surface area contributed by atoms with Crippen LogP contribution in [0.1, 0.15) is 69.9 Å². The number of carbonyl (C=O) groups is 3. The number of nitrogens with zero attached hydrogens (tertiary/aromatic N) is 1. The molecule has 1 aliphatic carbocycles. The van der Waals surface area contributed by atoms with Crippen molar-refractivity contribution < 1.29 is 14.4 Å². The summed E-state index contributed by atoms with van der Waals surface area (Å²) in [6.45, 7) is 6.77. The normalized spacial score (nSPS) is 14.7. The zero-order valence-electron chi connectivity index (χ0n) is 29.6. The van der Waals surface area contributed by atoms with Gasteiger partial charge in [-0.1, -0.05) is 99.1 Å². The standard InChI is InChI=1S/C43H39ClN4O3S2/c1-43(2,3)30-20-21-34-35(26-45)42(53-37(34)24-30)48-41(51)38(28-13-6-4-7-14-28)52-33-19-11-18-32(25-33)46-40(50)36(23-27-12-10-17-31(44)22-27)47-39(49)29-15-8-5-9-16-29/h4-19,22-23,25,30,38H,20-21,24H2,1-3H3,(H,46,50)(H,47,49)(H,48,51)/b36-23-. The monoisotopic (exact) mass is 758 g/mol. The molecule has 0 aliphatic heterocycles. The van der Waals surface area contributed by atoms with Crippen LogP contribution in [0.4, 0.5) is 10.7 Å². The fourth-order valence-electron chi connectivity index (χ4n) is 6.30. The van der Waals surface area contributed by atoms with E-state index in [9.17, 15) is 19.6 Å². The van der Waals surface area contributed by atoms with Gasteiger partial charge in [0, 0.05) is 26.0 Å². The zero-order chi connectivity index (χ0) is 37.5. The second-order valence-electron chi connectivity index (χ2n) is 13.9. The van der Waals surface area contributed by atoms with E-state index in [1.54, 1.807) is 72.8 Å². The van der Waals surface area contributed by atoms with Crippen molar-refractivity contribution in [3.63, 3.8) is 0 Å². The molecule has 4 aromatic carbocycles. The number of nitrogens with one attached hydrogen (secondary N) is 3. The van der Waals surface area contributed by atoms with Gasteiger partial charge in [0.2, 0.25) is 5.91 Å². The lowest BCUT2D eigenvalue weighted by Gasteiger charge is -2.33. The van der Waals surface area contributed by atoms with E-state index in [2.05, 4.69) is 42.8 Å². The molecule has 0 bridgehead atoms. The molecule has 0 spiro atoms. The molecule has 1 aliphatic rings. The number of thioether (sulfide) groups is 1. The Hall–Kier alpha value is -5.14. The Morgan fingerprint density at radius 3 is 2.34 bits per heavy atom. The maximum Gasteiger partial charge on any atom is 0.272 e. The quantitative estimate of drug-likeness (QED) is 0.0970. The van der Waals surface area contributed by atoms with Crippen molar-refractivity contribution in [3.8, 4) is 6.07 Å². The summed E-state index contributed by atoms with van der Waals surface area (Å²) in [5.41, 5.74) is 4.12. The number of fused-ring (bicyclic) bond motifs is 1. The highest BCUT2D eigenvalue weighted by atomic mass is 35.5. The Labute approximate surface area is 323 Å². The molecular weight excluding hydrogens is 720 g/mol. The molecule has 2 atom stereocenters. The number of benzene rings is 4. The van der Waals surface area contributed by atoms with Crippen LogP contribution in [0.5, 0.6) is 0 Å². The van der Waals surface area contributed by atoms with E-state index in [4.69, 9.17) is 11.6 Å². The van der Waals surface area contributed by atoms with E-state index in [-0.39, 0.29) is 17.0 Å². The predicted molar refractivity (Wildman–Crippen MR) is 216 cm³/mol. The summed E-state index contributed by atoms with van der Waals surface area (Å²) in [7, 11) is 0. The summed E-state index contributed by atoms with van der Waals surface area (Å²) in [5.74, 6) is -0.704. The number of hydrogen-bond donors (Lipinski definition) is 3. The number of hydrogen-bond acceptors (Lipinski definition) is 6. The molecule has 3 N–H and O–H groups in total. The van der Waals surface area contributed by atoms with Crippen molar-refractivity contribution in [2.45, 2.75) is 50.2 Å². The summed E-state index contributed by atoms with van der Waals surface area (Å²) in [4.78, 5) is 42.9. The third-order valence-electron chi connectivity index (χ3n) is 9.21. The highest BCUT2D eigenvalue weighted by Gasteiger charge is 2.33. The molecule has 6 rings (SSSR count). The fourth-order valence-corrected chi connectivity index (χ4v) is 8.86. The fraction of sp³-hybridized carbons (Fsp3) is 0.209. The Kier molecular flexibility index (Phi) is 11.8. The van der Waals surface area contributed by atoms with Crippen molar-refractivity contribution in [1.29, 1.82) is 5.26 Å². The summed E-state index contributed by atoms with van der Waals surface area (Å²) in [5, 5.41) is 19.4. The Bertz CT molecular complexity index is 2200. The van der Waals surface area contributed by atoms with Crippen LogP contribution in [0.25, 0.3) is 6.08 Å². The first-order valence-electron chi connectivity index (χ1n) is 17.3. The lowest BCUT2D eigenvalue weighted by atomic mass is 9.72. The van der Waals surface area contributed by atoms with Crippen molar-refractivity contribution in [1.82, 2.24) is 5.32 Å². The van der Waals surface area contributed by atoms with Crippen LogP contribution in [0, 0.1) is 22.7 Å². The van der Waals surface area contributed by atoms with Crippen LogP contribution in [-0.2, 0) is 22.4 Å². The van der Waals surface area contributed by atoms with Gasteiger partial charge in [-0.2, -0.15) is 5.26 Å². The molecule has 0 fully saturated rings. The van der Waals surface area contributed by atoms with E-state index in [1.807, 2.05) is 42.5 Å². The number of carbonyl (C=O) groups excluding carboxylic acids is 3. The Morgan fingerprint density at radius 2 is 1.64 bits per heavy atom. The van der Waals surface area contributed by atoms with Gasteiger partial charge in [-0.3, -0.25) is 14.4 Å². The van der Waals surface area contributed by atoms with E-state index in [0.29, 0.717) is 38.3 Å². The van der Waals surface area contributed by atoms with E-state index >= 15 is 0 Å². The predicted octanol–water partition coefficient (Wildman–Crippen LogP) is 10.3. The lowest BCUT2D eigenvalue weighted by Crippen LogP contribution is -2.30. The van der Waals surface area contributed by atoms with Crippen LogP contribution in [0.3, 0.4) is 0 Å². The molecule has 7 nitrogen and oxygen atoms in total. The van der Waals surface area contributed by atoms with E-state index in [1.165, 1.54) is 28.0 Å². The SMILES string of the molecule is CC(C)(C)C1CCc2c(sc(NC(=O)C(Sc3cccc(NC(=O)/C(=C/c4cccc(Cl)c4)NC(=O)c4ccccc4)c3)c3ccccc3)c2C#N)C1. The molecule has 53 heavy (non-hydrogen) atoms. The van der Waals surface area contributed by atoms with Crippen LogP contribution >= 0.6 is 34.7 Å². The summed E-state index contributed by atoms with van der Waals surface area (Å²) in [6.07, 6.45) is 4.31. The number of amides is 3. The van der Waals surface area contributed by atoms with Crippen LogP contribution in [0.15, 0.2) is 120 Å². The summed E-state index contributed by atoms with van der Waals surface area (Å²) >= 11 is 9.07. The van der Waals surface area contributed by atoms with Crippen molar-refractivity contribution in [2.24, 2.45) is 11.3 Å². The minimum absolute atomic E-state index is 0.0291. The number of anilines is 2. The van der Waals surface area contributed by atoms with Gasteiger partial charge in [-0.15, -0.1) is 23.1 Å². The molecule has 1 aromatic heterocycles. The second-order valence-corrected chi connectivity index (χ2v) is 16.7. The molecule has 5 aromatic rings. The van der Waals surface area contributed by atoms with Gasteiger partial charge in [0.1, 0.15) is 22.0 Å². The van der Waals surface area contributed by atoms with Gasteiger partial charge in [0.25, 0.3) is 11.8 Å². The highest BCUT2D eigenvalue weighted by Crippen LogP contribution is 2.45. The average molecular weight is 759 g/mol. The zero-order valence-corrected chi connectivity index (χ0v) is 32.0. The van der Waals surface area contributed by atoms with Gasteiger partial charge in [0.15, 0.2) is 0 Å². The molecule has 0 radical (unpaired) electrons. The van der Waals surface area contributed by atoms with Gasteiger partial charge in [-0.05, 0) is 95.8 Å². The second kappa shape index (κ2) is 16.7. The highest BCUT2D eigenvalue weighted by molar-refractivity contribution is 8.00. The smallest absolute Gasteiger partial charge is 0.272 e. The maximum atomic E-state index is 14.1. The largest absolute Gasteiger partial charge is 0.321 e. The molecule has 3 amide bonds. The summed E-state index contributed by atoms with van der Waals surface area (Å²) in [6, 6.07) is 34.7. The summed E-state index contributed by atoms with van der Waals surface area (Å²) < 4.78 is 0. The van der Waals surface area contributed by atoms with Crippen molar-refractivity contribution >= 4 is 69.2 Å². The van der Waals surface area contributed by atoms with E-state index in [0.717, 1.165) is 35.3 Å². The molecule has 268 valence electrons. The molecule has 1 heterocycles. The molecule has 0 saturated carbocycles. The van der Waals surface area contributed by atoms with E-state index < -0.39 is 17.1 Å². The maximum absolute atomic E-state index is 14.1. The number of thiophene rings is 1. The van der Waals surface area contributed by atoms with Crippen LogP contribution in [-0.4, -0.2) is 17.7 Å². The van der Waals surface area contributed by atoms with Gasteiger partial charge < -0.3 is 16.0 Å². The third kappa shape index (κ3) is 9.46. The Balaban J connectivity index is 1.23. The number of rotatable bonds is 10. The molecular formula is C43H39ClN4O3S2. The van der Waals surface area contributed by atoms with Crippen LogP contribution in [0.2, 0.25) is 5.02 Å². The lowest BCUT2D eigenvalue weighted by molar-refractivity contribution is -0.116. The molecule has 10 heteroatoms. The van der Waals surface area contributed by atoms with Crippen LogP contribution < -0.4 is 16.0 Å². The first kappa shape index (κ1) is 37.6. The molecule has 2 unspecified atom stereocenters. The van der Waals surface area contributed by atoms with Gasteiger partial charge in [-0.25, -0.2) is 0 Å². The first-order valence-corrected chi connectivity index (χ1v) is 19.4. The van der Waals surface area contributed by atoms with Crippen molar-refractivity contribution in [3.05, 3.63) is 153 Å². The van der Waals surface area contributed by atoms with Gasteiger partial charge in [0.05, 0.1) is 5.56 Å². The first-order chi connectivity index (χ1) is 25.5.